The largest absolute Gasteiger partial charge is 0.466 e. The first-order valence-electron chi connectivity index (χ1n) is 8.84. The van der Waals surface area contributed by atoms with Gasteiger partial charge in [0.2, 0.25) is 5.91 Å². The van der Waals surface area contributed by atoms with Crippen molar-refractivity contribution in [2.24, 2.45) is 0 Å². The van der Waals surface area contributed by atoms with E-state index in [2.05, 4.69) is 5.32 Å². The molecule has 0 saturated carbocycles. The number of rotatable bonds is 5. The summed E-state index contributed by atoms with van der Waals surface area (Å²) in [6, 6.07) is 8.46. The lowest BCUT2D eigenvalue weighted by Crippen LogP contribution is -2.43. The molecule has 2 heterocycles. The number of carbonyl (C=O) groups is 3. The van der Waals surface area contributed by atoms with Crippen LogP contribution in [0, 0.1) is 13.8 Å². The minimum Gasteiger partial charge on any atom is -0.466 e. The van der Waals surface area contributed by atoms with E-state index in [9.17, 15) is 14.4 Å². The lowest BCUT2D eigenvalue weighted by atomic mass is 10.1. The normalized spacial score (nSPS) is 18.8. The molecule has 3 rings (SSSR count). The molecule has 28 heavy (non-hydrogen) atoms. The minimum atomic E-state index is -0.758. The number of hydrogen-bond donors (Lipinski definition) is 1. The highest BCUT2D eigenvalue weighted by molar-refractivity contribution is 7.99. The van der Waals surface area contributed by atoms with Crippen molar-refractivity contribution in [2.45, 2.75) is 32.2 Å². The van der Waals surface area contributed by atoms with Gasteiger partial charge in [-0.05, 0) is 43.2 Å². The molecule has 1 saturated heterocycles. The summed E-state index contributed by atoms with van der Waals surface area (Å²) < 4.78 is 10.6. The molecule has 2 atom stereocenters. The van der Waals surface area contributed by atoms with Gasteiger partial charge in [0.15, 0.2) is 6.61 Å². The molecule has 0 bridgehead atoms. The Labute approximate surface area is 167 Å². The number of carbonyl (C=O) groups excluding carboxylic acids is 3. The van der Waals surface area contributed by atoms with E-state index in [4.69, 9.17) is 9.15 Å². The Bertz CT molecular complexity index is 881. The number of hydrogen-bond acceptors (Lipinski definition) is 6. The minimum absolute atomic E-state index is 0.256. The molecule has 0 spiro atoms. The third-order valence-corrected chi connectivity index (χ3v) is 5.72. The van der Waals surface area contributed by atoms with Crippen LogP contribution in [0.2, 0.25) is 0 Å². The molecule has 0 unspecified atom stereocenters. The zero-order chi connectivity index (χ0) is 20.3. The monoisotopic (exact) mass is 402 g/mol. The second kappa shape index (κ2) is 8.52. The standard InChI is InChI=1S/C20H22N2O5S/c1-12-6-7-13(2)15(9-12)21-18(24)10-27-20(25)16-11-28-19(22(16)14(3)23)17-5-4-8-26-17/h4-9,16,19H,10-11H2,1-3H3,(H,21,24)/t16-,19-/m1/s1. The van der Waals surface area contributed by atoms with Crippen molar-refractivity contribution in [1.82, 2.24) is 4.90 Å². The highest BCUT2D eigenvalue weighted by Crippen LogP contribution is 2.41. The van der Waals surface area contributed by atoms with Gasteiger partial charge in [-0.15, -0.1) is 11.8 Å². The SMILES string of the molecule is CC(=O)N1[C@@H](C(=O)OCC(=O)Nc2cc(C)ccc2C)CS[C@@H]1c1ccco1. The van der Waals surface area contributed by atoms with Crippen molar-refractivity contribution in [3.8, 4) is 0 Å². The smallest absolute Gasteiger partial charge is 0.330 e. The molecule has 8 heteroatoms. The lowest BCUT2D eigenvalue weighted by Gasteiger charge is -2.25. The van der Waals surface area contributed by atoms with Crippen LogP contribution in [0.3, 0.4) is 0 Å². The fraction of sp³-hybridized carbons (Fsp3) is 0.350. The summed E-state index contributed by atoms with van der Waals surface area (Å²) in [5.74, 6) is -0.309. The second-order valence-corrected chi connectivity index (χ2v) is 7.73. The molecular formula is C20H22N2O5S. The van der Waals surface area contributed by atoms with Gasteiger partial charge in [0.1, 0.15) is 17.2 Å². The molecular weight excluding hydrogens is 380 g/mol. The molecule has 1 aliphatic rings. The van der Waals surface area contributed by atoms with Crippen LogP contribution in [-0.4, -0.2) is 41.1 Å². The number of benzene rings is 1. The average molecular weight is 402 g/mol. The predicted molar refractivity (Wildman–Crippen MR) is 106 cm³/mol. The number of furan rings is 1. The van der Waals surface area contributed by atoms with E-state index in [1.807, 2.05) is 32.0 Å². The maximum atomic E-state index is 12.5. The fourth-order valence-electron chi connectivity index (χ4n) is 3.01. The van der Waals surface area contributed by atoms with E-state index >= 15 is 0 Å². The molecule has 148 valence electrons. The van der Waals surface area contributed by atoms with Gasteiger partial charge in [-0.1, -0.05) is 12.1 Å². The highest BCUT2D eigenvalue weighted by Gasteiger charge is 2.43. The maximum Gasteiger partial charge on any atom is 0.330 e. The molecule has 0 aliphatic carbocycles. The summed E-state index contributed by atoms with van der Waals surface area (Å²) >= 11 is 1.42. The van der Waals surface area contributed by atoms with E-state index in [1.165, 1.54) is 29.8 Å². The van der Waals surface area contributed by atoms with Crippen LogP contribution in [0.5, 0.6) is 0 Å². The summed E-state index contributed by atoms with van der Waals surface area (Å²) in [5, 5.41) is 2.36. The van der Waals surface area contributed by atoms with E-state index in [1.54, 1.807) is 12.1 Å². The van der Waals surface area contributed by atoms with Gasteiger partial charge >= 0.3 is 5.97 Å². The number of aryl methyl sites for hydroxylation is 2. The summed E-state index contributed by atoms with van der Waals surface area (Å²) in [7, 11) is 0. The quantitative estimate of drug-likeness (QED) is 0.774. The van der Waals surface area contributed by atoms with Crippen LogP contribution in [-0.2, 0) is 19.1 Å². The molecule has 2 amide bonds. The summed E-state index contributed by atoms with van der Waals surface area (Å²) in [6.45, 7) is 4.80. The average Bonchev–Trinajstić information content (AvgIpc) is 3.31. The lowest BCUT2D eigenvalue weighted by molar-refractivity contribution is -0.155. The number of ether oxygens (including phenoxy) is 1. The molecule has 1 aliphatic heterocycles. The van der Waals surface area contributed by atoms with Crippen LogP contribution in [0.15, 0.2) is 41.0 Å². The van der Waals surface area contributed by atoms with Crippen LogP contribution in [0.25, 0.3) is 0 Å². The Hall–Kier alpha value is -2.74. The summed E-state index contributed by atoms with van der Waals surface area (Å²) in [6.07, 6.45) is 1.53. The van der Waals surface area contributed by atoms with E-state index in [-0.39, 0.29) is 11.3 Å². The summed E-state index contributed by atoms with van der Waals surface area (Å²) in [4.78, 5) is 38.2. The third-order valence-electron chi connectivity index (χ3n) is 4.44. The van der Waals surface area contributed by atoms with Gasteiger partial charge in [0.25, 0.3) is 5.91 Å². The van der Waals surface area contributed by atoms with Gasteiger partial charge in [0.05, 0.1) is 6.26 Å². The Morgan fingerprint density at radius 3 is 2.75 bits per heavy atom. The van der Waals surface area contributed by atoms with Crippen molar-refractivity contribution in [3.05, 3.63) is 53.5 Å². The van der Waals surface area contributed by atoms with E-state index < -0.39 is 24.5 Å². The fourth-order valence-corrected chi connectivity index (χ4v) is 4.43. The van der Waals surface area contributed by atoms with Crippen molar-refractivity contribution in [3.63, 3.8) is 0 Å². The molecule has 0 radical (unpaired) electrons. The Kier molecular flexibility index (Phi) is 6.08. The maximum absolute atomic E-state index is 12.5. The Morgan fingerprint density at radius 1 is 1.29 bits per heavy atom. The molecule has 7 nitrogen and oxygen atoms in total. The molecule has 1 N–H and O–H groups in total. The topological polar surface area (TPSA) is 88.8 Å². The number of amides is 2. The zero-order valence-electron chi connectivity index (χ0n) is 15.9. The Balaban J connectivity index is 1.60. The van der Waals surface area contributed by atoms with Crippen molar-refractivity contribution >= 4 is 35.2 Å². The van der Waals surface area contributed by atoms with Crippen LogP contribution < -0.4 is 5.32 Å². The number of nitrogens with one attached hydrogen (secondary N) is 1. The van der Waals surface area contributed by atoms with Crippen LogP contribution in [0.1, 0.15) is 29.2 Å². The van der Waals surface area contributed by atoms with Crippen molar-refractivity contribution in [2.75, 3.05) is 17.7 Å². The molecule has 1 aromatic heterocycles. The van der Waals surface area contributed by atoms with Crippen molar-refractivity contribution in [1.29, 1.82) is 0 Å². The van der Waals surface area contributed by atoms with Gasteiger partial charge < -0.3 is 19.4 Å². The highest BCUT2D eigenvalue weighted by atomic mass is 32.2. The van der Waals surface area contributed by atoms with Crippen LogP contribution >= 0.6 is 11.8 Å². The first-order valence-corrected chi connectivity index (χ1v) is 9.89. The first kappa shape index (κ1) is 20.0. The summed E-state index contributed by atoms with van der Waals surface area (Å²) in [5.41, 5.74) is 2.61. The first-order chi connectivity index (χ1) is 13.4. The number of thioether (sulfide) groups is 1. The number of esters is 1. The van der Waals surface area contributed by atoms with E-state index in [0.29, 0.717) is 17.2 Å². The van der Waals surface area contributed by atoms with Crippen LogP contribution in [0.4, 0.5) is 5.69 Å². The second-order valence-electron chi connectivity index (χ2n) is 6.62. The number of nitrogens with zero attached hydrogens (tertiary/aromatic N) is 1. The van der Waals surface area contributed by atoms with Crippen molar-refractivity contribution < 1.29 is 23.5 Å². The molecule has 1 aromatic carbocycles. The van der Waals surface area contributed by atoms with Gasteiger partial charge in [-0.25, -0.2) is 4.79 Å². The van der Waals surface area contributed by atoms with Gasteiger partial charge in [-0.3, -0.25) is 9.59 Å². The van der Waals surface area contributed by atoms with Gasteiger partial charge in [0, 0.05) is 18.4 Å². The van der Waals surface area contributed by atoms with E-state index in [0.717, 1.165) is 11.1 Å². The molecule has 2 aromatic rings. The zero-order valence-corrected chi connectivity index (χ0v) is 16.7. The van der Waals surface area contributed by atoms with Gasteiger partial charge in [-0.2, -0.15) is 0 Å². The molecule has 1 fully saturated rings. The Morgan fingerprint density at radius 2 is 2.07 bits per heavy atom. The third kappa shape index (κ3) is 4.39. The predicted octanol–water partition coefficient (Wildman–Crippen LogP) is 3.04. The number of anilines is 1.